The zero-order chi connectivity index (χ0) is 16.5. The number of pyridine rings is 1. The van der Waals surface area contributed by atoms with Crippen LogP contribution < -0.4 is 5.56 Å². The largest absolute Gasteiger partial charge is 0.337 e. The van der Waals surface area contributed by atoms with Crippen LogP contribution in [0.5, 0.6) is 0 Å². The summed E-state index contributed by atoms with van der Waals surface area (Å²) in [6.45, 7) is 2.05. The van der Waals surface area contributed by atoms with Crippen molar-refractivity contribution < 1.29 is 4.52 Å². The molecule has 0 unspecified atom stereocenters. The van der Waals surface area contributed by atoms with Gasteiger partial charge in [-0.25, -0.2) is 4.98 Å². The molecule has 0 bridgehead atoms. The topological polar surface area (TPSA) is 86.7 Å². The van der Waals surface area contributed by atoms with Crippen LogP contribution in [0, 0.1) is 6.92 Å². The molecule has 0 atom stereocenters. The number of benzene rings is 1. The van der Waals surface area contributed by atoms with Crippen molar-refractivity contribution in [3.8, 4) is 11.5 Å². The van der Waals surface area contributed by atoms with Crippen LogP contribution in [0.15, 0.2) is 58.2 Å². The number of hydrogen-bond acceptors (Lipinski definition) is 6. The highest BCUT2D eigenvalue weighted by Crippen LogP contribution is 2.14. The third kappa shape index (κ3) is 2.45. The normalized spacial score (nSPS) is 11.0. The van der Waals surface area contributed by atoms with Crippen molar-refractivity contribution in [2.45, 2.75) is 13.5 Å². The lowest BCUT2D eigenvalue weighted by molar-refractivity contribution is 0.369. The molecular formula is C17H13N5O2. The number of aryl methyl sites for hydroxylation is 1. The molecule has 3 aromatic heterocycles. The van der Waals surface area contributed by atoms with E-state index in [1.807, 2.05) is 37.3 Å². The summed E-state index contributed by atoms with van der Waals surface area (Å²) in [5.74, 6) is 0.719. The predicted octanol–water partition coefficient (Wildman–Crippen LogP) is 2.20. The summed E-state index contributed by atoms with van der Waals surface area (Å²) < 4.78 is 6.70. The standard InChI is InChI=1S/C17H13N5O2/c1-11-5-4-7-12-15(11)17(23)22(10-19-12)9-14-20-16(21-24-14)13-6-2-3-8-18-13/h2-8,10H,9H2,1H3. The van der Waals surface area contributed by atoms with Gasteiger partial charge >= 0.3 is 0 Å². The molecule has 1 aromatic carbocycles. The van der Waals surface area contributed by atoms with E-state index in [9.17, 15) is 4.79 Å². The van der Waals surface area contributed by atoms with Crippen molar-refractivity contribution in [1.82, 2.24) is 24.7 Å². The molecule has 0 saturated heterocycles. The van der Waals surface area contributed by atoms with E-state index in [2.05, 4.69) is 20.1 Å². The Balaban J connectivity index is 1.71. The lowest BCUT2D eigenvalue weighted by Gasteiger charge is -2.05. The molecule has 0 spiro atoms. The zero-order valence-corrected chi connectivity index (χ0v) is 12.9. The van der Waals surface area contributed by atoms with Crippen LogP contribution in [-0.4, -0.2) is 24.7 Å². The molecular weight excluding hydrogens is 306 g/mol. The summed E-state index contributed by atoms with van der Waals surface area (Å²) >= 11 is 0. The minimum atomic E-state index is -0.129. The molecule has 4 rings (SSSR count). The van der Waals surface area contributed by atoms with Gasteiger partial charge in [-0.15, -0.1) is 0 Å². The Morgan fingerprint density at radius 3 is 2.88 bits per heavy atom. The number of hydrogen-bond donors (Lipinski definition) is 0. The van der Waals surface area contributed by atoms with E-state index in [0.29, 0.717) is 28.3 Å². The molecule has 24 heavy (non-hydrogen) atoms. The minimum absolute atomic E-state index is 0.129. The number of aromatic nitrogens is 5. The second kappa shape index (κ2) is 5.69. The molecule has 118 valence electrons. The third-order valence-corrected chi connectivity index (χ3v) is 3.73. The SMILES string of the molecule is Cc1cccc2ncn(Cc3nc(-c4ccccn4)no3)c(=O)c12. The van der Waals surface area contributed by atoms with E-state index in [-0.39, 0.29) is 12.1 Å². The first kappa shape index (κ1) is 14.3. The van der Waals surface area contributed by atoms with Crippen LogP contribution in [0.2, 0.25) is 0 Å². The van der Waals surface area contributed by atoms with Gasteiger partial charge in [0.1, 0.15) is 12.2 Å². The summed E-state index contributed by atoms with van der Waals surface area (Å²) in [6.07, 6.45) is 3.15. The fourth-order valence-corrected chi connectivity index (χ4v) is 2.54. The monoisotopic (exact) mass is 319 g/mol. The highest BCUT2D eigenvalue weighted by molar-refractivity contribution is 5.80. The first-order chi connectivity index (χ1) is 11.7. The van der Waals surface area contributed by atoms with Crippen molar-refractivity contribution in [1.29, 1.82) is 0 Å². The Morgan fingerprint density at radius 2 is 2.04 bits per heavy atom. The second-order valence-corrected chi connectivity index (χ2v) is 5.37. The molecule has 7 nitrogen and oxygen atoms in total. The van der Waals surface area contributed by atoms with Crippen LogP contribution in [0.4, 0.5) is 0 Å². The van der Waals surface area contributed by atoms with Gasteiger partial charge in [0.25, 0.3) is 5.56 Å². The average Bonchev–Trinajstić information content (AvgIpc) is 3.07. The van der Waals surface area contributed by atoms with Gasteiger partial charge < -0.3 is 4.52 Å². The van der Waals surface area contributed by atoms with E-state index >= 15 is 0 Å². The van der Waals surface area contributed by atoms with Gasteiger partial charge in [0.2, 0.25) is 11.7 Å². The predicted molar refractivity (Wildman–Crippen MR) is 87.4 cm³/mol. The van der Waals surface area contributed by atoms with Crippen molar-refractivity contribution >= 4 is 10.9 Å². The lowest BCUT2D eigenvalue weighted by atomic mass is 10.1. The smallest absolute Gasteiger partial charge is 0.261 e. The summed E-state index contributed by atoms with van der Waals surface area (Å²) in [7, 11) is 0. The summed E-state index contributed by atoms with van der Waals surface area (Å²) in [4.78, 5) is 25.4. The van der Waals surface area contributed by atoms with Gasteiger partial charge in [-0.05, 0) is 30.7 Å². The van der Waals surface area contributed by atoms with E-state index in [4.69, 9.17) is 4.52 Å². The van der Waals surface area contributed by atoms with Crippen LogP contribution in [0.3, 0.4) is 0 Å². The van der Waals surface area contributed by atoms with Gasteiger partial charge in [-0.2, -0.15) is 4.98 Å². The average molecular weight is 319 g/mol. The molecule has 0 amide bonds. The Kier molecular flexibility index (Phi) is 3.38. The Hall–Kier alpha value is -3.35. The summed E-state index contributed by atoms with van der Waals surface area (Å²) in [5, 5.41) is 4.51. The van der Waals surface area contributed by atoms with Crippen molar-refractivity contribution in [2.75, 3.05) is 0 Å². The van der Waals surface area contributed by atoms with Crippen molar-refractivity contribution in [3.05, 3.63) is 70.7 Å². The number of nitrogens with zero attached hydrogens (tertiary/aromatic N) is 5. The number of rotatable bonds is 3. The molecule has 0 saturated carbocycles. The number of fused-ring (bicyclic) bond motifs is 1. The highest BCUT2D eigenvalue weighted by Gasteiger charge is 2.12. The molecule has 0 aliphatic carbocycles. The second-order valence-electron chi connectivity index (χ2n) is 5.37. The molecule has 7 heteroatoms. The molecule has 4 aromatic rings. The molecule has 0 N–H and O–H groups in total. The molecule has 0 fully saturated rings. The molecule has 0 aliphatic heterocycles. The fraction of sp³-hybridized carbons (Fsp3) is 0.118. The van der Waals surface area contributed by atoms with E-state index in [0.717, 1.165) is 5.56 Å². The quantitative estimate of drug-likeness (QED) is 0.575. The van der Waals surface area contributed by atoms with E-state index in [1.54, 1.807) is 12.3 Å². The Labute approximate surface area is 136 Å². The van der Waals surface area contributed by atoms with Gasteiger partial charge in [-0.3, -0.25) is 14.3 Å². The first-order valence-electron chi connectivity index (χ1n) is 7.41. The summed E-state index contributed by atoms with van der Waals surface area (Å²) in [6, 6.07) is 11.0. The maximum atomic E-state index is 12.7. The molecule has 3 heterocycles. The van der Waals surface area contributed by atoms with Crippen LogP contribution in [0.25, 0.3) is 22.4 Å². The van der Waals surface area contributed by atoms with Crippen LogP contribution in [0.1, 0.15) is 11.5 Å². The van der Waals surface area contributed by atoms with Gasteiger partial charge in [-0.1, -0.05) is 23.4 Å². The van der Waals surface area contributed by atoms with Gasteiger partial charge in [0.15, 0.2) is 0 Å². The Morgan fingerprint density at radius 1 is 1.12 bits per heavy atom. The lowest BCUT2D eigenvalue weighted by Crippen LogP contribution is -2.22. The first-order valence-corrected chi connectivity index (χ1v) is 7.41. The minimum Gasteiger partial charge on any atom is -0.337 e. The van der Waals surface area contributed by atoms with Gasteiger partial charge in [0, 0.05) is 6.20 Å². The molecule has 0 aliphatic rings. The van der Waals surface area contributed by atoms with Crippen LogP contribution in [-0.2, 0) is 6.54 Å². The maximum absolute atomic E-state index is 12.7. The van der Waals surface area contributed by atoms with Gasteiger partial charge in [0.05, 0.1) is 17.2 Å². The summed E-state index contributed by atoms with van der Waals surface area (Å²) in [5.41, 5.74) is 2.05. The van der Waals surface area contributed by atoms with Crippen LogP contribution >= 0.6 is 0 Å². The molecule has 0 radical (unpaired) electrons. The highest BCUT2D eigenvalue weighted by atomic mass is 16.5. The maximum Gasteiger partial charge on any atom is 0.261 e. The fourth-order valence-electron chi connectivity index (χ4n) is 2.54. The zero-order valence-electron chi connectivity index (χ0n) is 12.9. The van der Waals surface area contributed by atoms with E-state index in [1.165, 1.54) is 10.9 Å². The van der Waals surface area contributed by atoms with Crippen molar-refractivity contribution in [3.63, 3.8) is 0 Å². The van der Waals surface area contributed by atoms with Crippen molar-refractivity contribution in [2.24, 2.45) is 0 Å². The van der Waals surface area contributed by atoms with E-state index < -0.39 is 0 Å². The Bertz CT molecular complexity index is 1070. The third-order valence-electron chi connectivity index (χ3n) is 3.73.